The van der Waals surface area contributed by atoms with Crippen molar-refractivity contribution >= 4 is 46.4 Å². The van der Waals surface area contributed by atoms with E-state index in [9.17, 15) is 5.11 Å². The highest BCUT2D eigenvalue weighted by Crippen LogP contribution is 2.53. The van der Waals surface area contributed by atoms with E-state index in [-0.39, 0.29) is 27.1 Å². The van der Waals surface area contributed by atoms with E-state index in [1.54, 1.807) is 0 Å². The Balaban J connectivity index is 2.53. The molecule has 0 aromatic heterocycles. The molecule has 0 radical (unpaired) electrons. The number of rotatable bonds is 1. The number of aromatic hydroxyl groups is 1. The number of hydrogen-bond donors (Lipinski definition) is 1. The average Bonchev–Trinajstić information content (AvgIpc) is 2.32. The van der Waals surface area contributed by atoms with Crippen LogP contribution >= 0.6 is 46.4 Å². The first-order chi connectivity index (χ1) is 9.14. The van der Waals surface area contributed by atoms with Crippen LogP contribution in [0.3, 0.4) is 0 Å². The lowest BCUT2D eigenvalue weighted by Gasteiger charge is -2.40. The van der Waals surface area contributed by atoms with Gasteiger partial charge in [-0.05, 0) is 42.1 Å². The van der Waals surface area contributed by atoms with Crippen molar-refractivity contribution < 1.29 is 5.11 Å². The van der Waals surface area contributed by atoms with Gasteiger partial charge in [0.25, 0.3) is 0 Å². The van der Waals surface area contributed by atoms with Crippen LogP contribution in [-0.2, 0) is 0 Å². The van der Waals surface area contributed by atoms with Crippen LogP contribution in [0.4, 0.5) is 0 Å². The second-order valence-electron chi connectivity index (χ2n) is 6.63. The van der Waals surface area contributed by atoms with E-state index in [1.807, 2.05) is 0 Å². The fourth-order valence-electron chi connectivity index (χ4n) is 3.56. The van der Waals surface area contributed by atoms with Crippen LogP contribution in [0.5, 0.6) is 5.75 Å². The van der Waals surface area contributed by atoms with Crippen LogP contribution in [-0.4, -0.2) is 5.11 Å². The summed E-state index contributed by atoms with van der Waals surface area (Å²) in [7, 11) is 0. The minimum absolute atomic E-state index is 0.0899. The second kappa shape index (κ2) is 5.76. The fraction of sp³-hybridized carbons (Fsp3) is 0.600. The van der Waals surface area contributed by atoms with Gasteiger partial charge in [-0.1, -0.05) is 67.2 Å². The molecule has 1 nitrogen and oxygen atoms in total. The summed E-state index contributed by atoms with van der Waals surface area (Å²) in [6.45, 7) is 6.74. The van der Waals surface area contributed by atoms with Gasteiger partial charge in [0.05, 0.1) is 10.0 Å². The lowest BCUT2D eigenvalue weighted by atomic mass is 9.66. The summed E-state index contributed by atoms with van der Waals surface area (Å²) < 4.78 is 0. The van der Waals surface area contributed by atoms with Crippen molar-refractivity contribution in [3.05, 3.63) is 25.7 Å². The molecule has 2 atom stereocenters. The molecule has 112 valence electrons. The molecule has 1 fully saturated rings. The van der Waals surface area contributed by atoms with Crippen LogP contribution < -0.4 is 0 Å². The topological polar surface area (TPSA) is 20.2 Å². The molecule has 2 rings (SSSR count). The van der Waals surface area contributed by atoms with Crippen LogP contribution in [0, 0.1) is 11.3 Å². The first-order valence-corrected chi connectivity index (χ1v) is 8.20. The highest BCUT2D eigenvalue weighted by atomic mass is 35.5. The molecule has 0 heterocycles. The van der Waals surface area contributed by atoms with Crippen molar-refractivity contribution in [3.63, 3.8) is 0 Å². The van der Waals surface area contributed by atoms with Gasteiger partial charge in [-0.25, -0.2) is 0 Å². The summed E-state index contributed by atoms with van der Waals surface area (Å²) in [5, 5.41) is 10.6. The lowest BCUT2D eigenvalue weighted by molar-refractivity contribution is 0.168. The Hall–Kier alpha value is 0.180. The van der Waals surface area contributed by atoms with Crippen LogP contribution in [0.15, 0.2) is 0 Å². The predicted octanol–water partition coefficient (Wildman–Crippen LogP) is 6.94. The third-order valence-electron chi connectivity index (χ3n) is 4.07. The maximum atomic E-state index is 9.81. The Morgan fingerprint density at radius 1 is 0.950 bits per heavy atom. The van der Waals surface area contributed by atoms with Gasteiger partial charge in [0.15, 0.2) is 5.75 Å². The Bertz CT molecular complexity index is 510. The standard InChI is InChI=1S/C15H18Cl4O/c1-7-4-8(6-15(2,3)5-7)9-10(16)12(18)14(20)13(19)11(9)17/h7-8,20H,4-6H2,1-3H3. The second-order valence-corrected chi connectivity index (χ2v) is 8.14. The number of hydrogen-bond acceptors (Lipinski definition) is 1. The molecule has 1 aromatic rings. The van der Waals surface area contributed by atoms with Crippen LogP contribution in [0.2, 0.25) is 20.1 Å². The Morgan fingerprint density at radius 3 is 1.90 bits per heavy atom. The molecule has 0 saturated heterocycles. The third-order valence-corrected chi connectivity index (χ3v) is 5.78. The van der Waals surface area contributed by atoms with Crippen molar-refractivity contribution in [2.75, 3.05) is 0 Å². The molecular weight excluding hydrogens is 338 g/mol. The van der Waals surface area contributed by atoms with Crippen molar-refractivity contribution in [2.24, 2.45) is 11.3 Å². The Kier molecular flexibility index (Phi) is 4.76. The van der Waals surface area contributed by atoms with Crippen molar-refractivity contribution in [1.82, 2.24) is 0 Å². The Morgan fingerprint density at radius 2 is 1.45 bits per heavy atom. The van der Waals surface area contributed by atoms with Gasteiger partial charge in [-0.15, -0.1) is 0 Å². The summed E-state index contributed by atoms with van der Waals surface area (Å²) in [4.78, 5) is 0. The largest absolute Gasteiger partial charge is 0.505 e. The molecule has 0 aliphatic heterocycles. The van der Waals surface area contributed by atoms with Gasteiger partial charge >= 0.3 is 0 Å². The summed E-state index contributed by atoms with van der Waals surface area (Å²) in [5.74, 6) is 0.557. The normalized spacial score (nSPS) is 25.8. The van der Waals surface area contributed by atoms with E-state index < -0.39 is 0 Å². The summed E-state index contributed by atoms with van der Waals surface area (Å²) in [6, 6.07) is 0. The van der Waals surface area contributed by atoms with E-state index in [0.29, 0.717) is 16.0 Å². The van der Waals surface area contributed by atoms with E-state index in [1.165, 1.54) is 6.42 Å². The molecule has 0 bridgehead atoms. The summed E-state index contributed by atoms with van der Waals surface area (Å²) >= 11 is 24.8. The molecule has 2 unspecified atom stereocenters. The average molecular weight is 356 g/mol. The molecule has 1 saturated carbocycles. The molecule has 5 heteroatoms. The molecule has 1 N–H and O–H groups in total. The zero-order valence-corrected chi connectivity index (χ0v) is 14.8. The van der Waals surface area contributed by atoms with E-state index in [4.69, 9.17) is 46.4 Å². The zero-order valence-electron chi connectivity index (χ0n) is 11.7. The van der Waals surface area contributed by atoms with Crippen LogP contribution in [0.1, 0.15) is 51.5 Å². The first kappa shape index (κ1) is 16.5. The van der Waals surface area contributed by atoms with E-state index in [0.717, 1.165) is 18.4 Å². The van der Waals surface area contributed by atoms with Crippen LogP contribution in [0.25, 0.3) is 0 Å². The Labute approximate surface area is 140 Å². The number of phenolic OH excluding ortho intramolecular Hbond substituents is 1. The smallest absolute Gasteiger partial charge is 0.155 e. The highest BCUT2D eigenvalue weighted by molar-refractivity contribution is 6.49. The van der Waals surface area contributed by atoms with E-state index >= 15 is 0 Å². The van der Waals surface area contributed by atoms with Crippen molar-refractivity contribution in [1.29, 1.82) is 0 Å². The zero-order chi connectivity index (χ0) is 15.2. The maximum Gasteiger partial charge on any atom is 0.155 e. The summed E-state index contributed by atoms with van der Waals surface area (Å²) in [6.07, 6.45) is 3.16. The van der Waals surface area contributed by atoms with Gasteiger partial charge in [0.1, 0.15) is 10.0 Å². The lowest BCUT2D eigenvalue weighted by Crippen LogP contribution is -2.26. The third kappa shape index (κ3) is 3.02. The van der Waals surface area contributed by atoms with Gasteiger partial charge in [0, 0.05) is 0 Å². The van der Waals surface area contributed by atoms with Gasteiger partial charge in [-0.3, -0.25) is 0 Å². The van der Waals surface area contributed by atoms with Gasteiger partial charge < -0.3 is 5.11 Å². The van der Waals surface area contributed by atoms with Crippen molar-refractivity contribution in [2.45, 2.75) is 46.0 Å². The monoisotopic (exact) mass is 354 g/mol. The highest BCUT2D eigenvalue weighted by Gasteiger charge is 2.36. The molecule has 20 heavy (non-hydrogen) atoms. The van der Waals surface area contributed by atoms with E-state index in [2.05, 4.69) is 20.8 Å². The molecule has 1 aliphatic carbocycles. The fourth-order valence-corrected chi connectivity index (χ4v) is 4.73. The SMILES string of the molecule is CC1CC(c2c(Cl)c(Cl)c(O)c(Cl)c2Cl)CC(C)(C)C1. The molecule has 1 aromatic carbocycles. The minimum atomic E-state index is -0.241. The first-order valence-electron chi connectivity index (χ1n) is 6.69. The number of phenols is 1. The quantitative estimate of drug-likeness (QED) is 0.541. The summed E-state index contributed by atoms with van der Waals surface area (Å²) in [5.41, 5.74) is 1.01. The molecule has 0 amide bonds. The predicted molar refractivity (Wildman–Crippen MR) is 87.7 cm³/mol. The number of benzene rings is 1. The minimum Gasteiger partial charge on any atom is -0.505 e. The molecular formula is C15H18Cl4O. The van der Waals surface area contributed by atoms with Crippen molar-refractivity contribution in [3.8, 4) is 5.75 Å². The molecule has 1 aliphatic rings. The number of halogens is 4. The van der Waals surface area contributed by atoms with Gasteiger partial charge in [0.2, 0.25) is 0 Å². The molecule has 0 spiro atoms. The van der Waals surface area contributed by atoms with Gasteiger partial charge in [-0.2, -0.15) is 0 Å². The maximum absolute atomic E-state index is 9.81.